The van der Waals surface area contributed by atoms with Crippen LogP contribution < -0.4 is 4.74 Å². The number of ether oxygens (including phenoxy) is 3. The van der Waals surface area contributed by atoms with Crippen LogP contribution in [0.4, 0.5) is 0 Å². The van der Waals surface area contributed by atoms with Crippen molar-refractivity contribution in [3.63, 3.8) is 0 Å². The quantitative estimate of drug-likeness (QED) is 0.192. The van der Waals surface area contributed by atoms with Gasteiger partial charge in [-0.3, -0.25) is 0 Å². The third-order valence-corrected chi connectivity index (χ3v) is 4.52. The Kier molecular flexibility index (Phi) is 11.0. The maximum atomic E-state index is 12.5. The van der Waals surface area contributed by atoms with E-state index in [1.807, 2.05) is 26.8 Å². The Bertz CT molecular complexity index is 810. The second kappa shape index (κ2) is 12.9. The van der Waals surface area contributed by atoms with Crippen molar-refractivity contribution in [3.05, 3.63) is 64.7 Å². The molecule has 2 atom stereocenters. The predicted octanol–water partition coefficient (Wildman–Crippen LogP) is 5.75. The van der Waals surface area contributed by atoms with Crippen LogP contribution in [-0.4, -0.2) is 30.8 Å². The van der Waals surface area contributed by atoms with E-state index in [2.05, 4.69) is 6.58 Å². The first-order chi connectivity index (χ1) is 14.1. The van der Waals surface area contributed by atoms with E-state index in [1.165, 1.54) is 6.08 Å². The van der Waals surface area contributed by atoms with Gasteiger partial charge in [0.1, 0.15) is 11.9 Å². The summed E-state index contributed by atoms with van der Waals surface area (Å²) in [6.07, 6.45) is 4.94. The van der Waals surface area contributed by atoms with Gasteiger partial charge in [0.15, 0.2) is 6.10 Å². The van der Waals surface area contributed by atoms with Crippen LogP contribution in [0.2, 0.25) is 5.02 Å². The molecule has 2 unspecified atom stereocenters. The summed E-state index contributed by atoms with van der Waals surface area (Å²) >= 11 is 5.95. The summed E-state index contributed by atoms with van der Waals surface area (Å²) in [5.41, 5.74) is 2.64. The van der Waals surface area contributed by atoms with Gasteiger partial charge in [0, 0.05) is 11.1 Å². The van der Waals surface area contributed by atoms with Crippen molar-refractivity contribution in [2.75, 3.05) is 6.61 Å². The fourth-order valence-electron chi connectivity index (χ4n) is 2.55. The Hall–Kier alpha value is -2.53. The van der Waals surface area contributed by atoms with Crippen molar-refractivity contribution < 1.29 is 23.8 Å². The van der Waals surface area contributed by atoms with E-state index in [0.29, 0.717) is 30.2 Å². The highest BCUT2D eigenvalue weighted by Gasteiger charge is 2.22. The van der Waals surface area contributed by atoms with Gasteiger partial charge >= 0.3 is 11.9 Å². The predicted molar refractivity (Wildman–Crippen MR) is 120 cm³/mol. The van der Waals surface area contributed by atoms with Gasteiger partial charge in [-0.05, 0) is 76.8 Å². The van der Waals surface area contributed by atoms with Crippen molar-refractivity contribution in [1.82, 2.24) is 0 Å². The van der Waals surface area contributed by atoms with E-state index in [1.54, 1.807) is 38.1 Å². The molecule has 0 aromatic heterocycles. The summed E-state index contributed by atoms with van der Waals surface area (Å²) in [5, 5.41) is 0.609. The number of allylic oxidation sites excluding steroid dienone is 3. The molecule has 0 saturated carbocycles. The molecule has 0 spiro atoms. The molecule has 0 amide bonds. The second-order valence-electron chi connectivity index (χ2n) is 7.10. The highest BCUT2D eigenvalue weighted by atomic mass is 35.5. The van der Waals surface area contributed by atoms with E-state index in [4.69, 9.17) is 25.8 Å². The maximum Gasteiger partial charge on any atom is 0.347 e. The number of carbonyl (C=O) groups excluding carboxylic acids is 2. The Labute approximate surface area is 184 Å². The summed E-state index contributed by atoms with van der Waals surface area (Å²) in [5.74, 6) is -0.246. The number of benzene rings is 1. The lowest BCUT2D eigenvalue weighted by Gasteiger charge is -2.21. The summed E-state index contributed by atoms with van der Waals surface area (Å²) in [6.45, 7) is 13.3. The molecule has 6 heteroatoms. The lowest BCUT2D eigenvalue weighted by atomic mass is 10.0. The Morgan fingerprint density at radius 3 is 2.57 bits per heavy atom. The third-order valence-electron chi connectivity index (χ3n) is 4.28. The fourth-order valence-corrected chi connectivity index (χ4v) is 2.78. The molecule has 30 heavy (non-hydrogen) atoms. The van der Waals surface area contributed by atoms with Crippen LogP contribution in [0.25, 0.3) is 0 Å². The molecule has 0 aliphatic carbocycles. The minimum absolute atomic E-state index is 0.344. The van der Waals surface area contributed by atoms with Gasteiger partial charge in [0.05, 0.1) is 6.61 Å². The number of halogens is 1. The van der Waals surface area contributed by atoms with E-state index in [9.17, 15) is 9.59 Å². The van der Waals surface area contributed by atoms with Crippen molar-refractivity contribution in [2.24, 2.45) is 0 Å². The van der Waals surface area contributed by atoms with Crippen molar-refractivity contribution >= 4 is 23.5 Å². The number of hydrogen-bond donors (Lipinski definition) is 0. The minimum Gasteiger partial charge on any atom is -0.479 e. The zero-order valence-electron chi connectivity index (χ0n) is 18.4. The molecule has 0 bridgehead atoms. The fraction of sp³-hybridized carbons (Fsp3) is 0.417. The van der Waals surface area contributed by atoms with Gasteiger partial charge in [-0.25, -0.2) is 9.59 Å². The number of rotatable bonds is 11. The van der Waals surface area contributed by atoms with Gasteiger partial charge in [0.25, 0.3) is 0 Å². The van der Waals surface area contributed by atoms with Gasteiger partial charge < -0.3 is 14.2 Å². The number of hydrogen-bond acceptors (Lipinski definition) is 5. The normalized spacial score (nSPS) is 13.6. The molecule has 1 rings (SSSR count). The molecule has 1 aromatic carbocycles. The second-order valence-corrected chi connectivity index (χ2v) is 7.54. The van der Waals surface area contributed by atoms with Gasteiger partial charge in [-0.2, -0.15) is 0 Å². The molecular weight excluding hydrogens is 404 g/mol. The average Bonchev–Trinajstić information content (AvgIpc) is 2.66. The third kappa shape index (κ3) is 9.31. The topological polar surface area (TPSA) is 61.8 Å². The first-order valence-corrected chi connectivity index (χ1v) is 10.3. The molecule has 0 fully saturated rings. The summed E-state index contributed by atoms with van der Waals surface area (Å²) < 4.78 is 16.2. The molecule has 5 nitrogen and oxygen atoms in total. The van der Waals surface area contributed by atoms with Gasteiger partial charge in [-0.1, -0.05) is 35.9 Å². The molecule has 0 radical (unpaired) electrons. The first kappa shape index (κ1) is 25.5. The standard InChI is InChI=1S/C24H31ClO5/c1-7-28-23(26)10-8-9-17(4)11-13-21(16(2)3)30-24(27)19(6)29-22-14-12-20(25)15-18(22)5/h8-10,12,14-15,19,21H,2,7,11,13H2,1,3-6H3/b10-8+,17-9+. The number of esters is 2. The van der Waals surface area contributed by atoms with Gasteiger partial charge in [-0.15, -0.1) is 0 Å². The van der Waals surface area contributed by atoms with E-state index in [-0.39, 0.29) is 5.97 Å². The SMILES string of the molecule is C=C(C)C(CC/C(C)=C/C=C/C(=O)OCC)OC(=O)C(C)Oc1ccc(Cl)cc1C. The van der Waals surface area contributed by atoms with Crippen molar-refractivity contribution in [3.8, 4) is 5.75 Å². The highest BCUT2D eigenvalue weighted by Crippen LogP contribution is 2.23. The summed E-state index contributed by atoms with van der Waals surface area (Å²) in [4.78, 5) is 23.8. The lowest BCUT2D eigenvalue weighted by Crippen LogP contribution is -2.30. The molecular formula is C24H31ClO5. The molecule has 0 aliphatic heterocycles. The van der Waals surface area contributed by atoms with E-state index in [0.717, 1.165) is 16.7 Å². The average molecular weight is 435 g/mol. The molecule has 0 heterocycles. The van der Waals surface area contributed by atoms with E-state index >= 15 is 0 Å². The zero-order valence-corrected chi connectivity index (χ0v) is 19.1. The summed E-state index contributed by atoms with van der Waals surface area (Å²) in [7, 11) is 0. The Morgan fingerprint density at radius 1 is 1.27 bits per heavy atom. The molecule has 0 aliphatic rings. The van der Waals surface area contributed by atoms with Crippen LogP contribution in [0.15, 0.2) is 54.2 Å². The molecule has 0 saturated heterocycles. The number of aryl methyl sites for hydroxylation is 1. The van der Waals surface area contributed by atoms with Crippen LogP contribution in [0.5, 0.6) is 5.75 Å². The monoisotopic (exact) mass is 434 g/mol. The highest BCUT2D eigenvalue weighted by molar-refractivity contribution is 6.30. The molecule has 1 aromatic rings. The zero-order chi connectivity index (χ0) is 22.7. The van der Waals surface area contributed by atoms with Crippen LogP contribution >= 0.6 is 11.6 Å². The van der Waals surface area contributed by atoms with Crippen molar-refractivity contribution in [1.29, 1.82) is 0 Å². The number of carbonyl (C=O) groups is 2. The van der Waals surface area contributed by atoms with Crippen molar-refractivity contribution in [2.45, 2.75) is 59.7 Å². The molecule has 0 N–H and O–H groups in total. The van der Waals surface area contributed by atoms with Crippen LogP contribution in [0.1, 0.15) is 46.1 Å². The largest absolute Gasteiger partial charge is 0.479 e. The smallest absolute Gasteiger partial charge is 0.347 e. The maximum absolute atomic E-state index is 12.5. The van der Waals surface area contributed by atoms with Crippen LogP contribution in [0.3, 0.4) is 0 Å². The summed E-state index contributed by atoms with van der Waals surface area (Å²) in [6, 6.07) is 5.22. The Morgan fingerprint density at radius 2 is 1.97 bits per heavy atom. The Balaban J connectivity index is 2.62. The van der Waals surface area contributed by atoms with Crippen LogP contribution in [-0.2, 0) is 19.1 Å². The van der Waals surface area contributed by atoms with E-state index < -0.39 is 18.2 Å². The molecule has 164 valence electrons. The lowest BCUT2D eigenvalue weighted by molar-refractivity contribution is -0.155. The first-order valence-electron chi connectivity index (χ1n) is 9.93. The van der Waals surface area contributed by atoms with Gasteiger partial charge in [0.2, 0.25) is 0 Å². The van der Waals surface area contributed by atoms with Crippen LogP contribution in [0, 0.1) is 6.92 Å². The minimum atomic E-state index is -0.768.